The Morgan fingerprint density at radius 2 is 1.93 bits per heavy atom. The van der Waals surface area contributed by atoms with E-state index in [-0.39, 0.29) is 27.9 Å². The highest BCUT2D eigenvalue weighted by Crippen LogP contribution is 2.29. The smallest absolute Gasteiger partial charge is 0.342 e. The van der Waals surface area contributed by atoms with Crippen LogP contribution in [-0.2, 0) is 9.53 Å². The Morgan fingerprint density at radius 3 is 2.61 bits per heavy atom. The lowest BCUT2D eigenvalue weighted by Gasteiger charge is -2.11. The normalized spacial score (nSPS) is 10.1. The molecule has 4 N–H and O–H groups in total. The number of carbonyl (C=O) groups is 3. The van der Waals surface area contributed by atoms with E-state index in [4.69, 9.17) is 26.8 Å². The van der Waals surface area contributed by atoms with Crippen LogP contribution >= 0.6 is 11.6 Å². The van der Waals surface area contributed by atoms with E-state index in [1.54, 1.807) is 25.1 Å². The molecule has 0 fully saturated rings. The summed E-state index contributed by atoms with van der Waals surface area (Å²) in [6.07, 6.45) is 0. The van der Waals surface area contributed by atoms with Crippen LogP contribution in [0.5, 0.6) is 5.75 Å². The lowest BCUT2D eigenvalue weighted by molar-refractivity contribution is -0.119. The zero-order chi connectivity index (χ0) is 20.7. The van der Waals surface area contributed by atoms with Gasteiger partial charge in [-0.3, -0.25) is 9.59 Å². The van der Waals surface area contributed by atoms with Crippen LogP contribution < -0.4 is 21.1 Å². The molecular weight excluding hydrogens is 386 g/mol. The van der Waals surface area contributed by atoms with Gasteiger partial charge in [-0.25, -0.2) is 4.79 Å². The molecule has 0 saturated carbocycles. The zero-order valence-corrected chi connectivity index (χ0v) is 16.1. The summed E-state index contributed by atoms with van der Waals surface area (Å²) in [4.78, 5) is 36.1. The van der Waals surface area contributed by atoms with E-state index in [2.05, 4.69) is 10.6 Å². The molecule has 0 aliphatic carbocycles. The molecule has 2 aromatic rings. The molecule has 0 unspecified atom stereocenters. The van der Waals surface area contributed by atoms with Crippen molar-refractivity contribution in [1.29, 1.82) is 0 Å². The van der Waals surface area contributed by atoms with Gasteiger partial charge in [0, 0.05) is 23.9 Å². The molecule has 9 heteroatoms. The van der Waals surface area contributed by atoms with Crippen molar-refractivity contribution in [2.75, 3.05) is 31.3 Å². The van der Waals surface area contributed by atoms with Crippen LogP contribution in [0.1, 0.15) is 27.6 Å². The van der Waals surface area contributed by atoms with Crippen molar-refractivity contribution in [2.45, 2.75) is 6.92 Å². The molecule has 8 nitrogen and oxygen atoms in total. The van der Waals surface area contributed by atoms with Gasteiger partial charge in [-0.05, 0) is 31.2 Å². The molecule has 0 radical (unpaired) electrons. The first-order chi connectivity index (χ1) is 13.3. The summed E-state index contributed by atoms with van der Waals surface area (Å²) in [6.45, 7) is 1.76. The van der Waals surface area contributed by atoms with Gasteiger partial charge in [0.25, 0.3) is 11.8 Å². The lowest BCUT2D eigenvalue weighted by atomic mass is 10.2. The molecular formula is C19H20ClN3O5. The first-order valence-corrected chi connectivity index (χ1v) is 8.71. The van der Waals surface area contributed by atoms with Gasteiger partial charge in [-0.1, -0.05) is 17.7 Å². The third-order valence-corrected chi connectivity index (χ3v) is 3.95. The summed E-state index contributed by atoms with van der Waals surface area (Å²) < 4.78 is 10.1. The van der Waals surface area contributed by atoms with E-state index in [1.807, 2.05) is 0 Å². The average molecular weight is 406 g/mol. The monoisotopic (exact) mass is 405 g/mol. The highest BCUT2D eigenvalue weighted by atomic mass is 35.5. The Hall–Kier alpha value is -3.26. The van der Waals surface area contributed by atoms with Gasteiger partial charge >= 0.3 is 5.97 Å². The van der Waals surface area contributed by atoms with Crippen molar-refractivity contribution in [1.82, 2.24) is 5.32 Å². The number of nitrogens with one attached hydrogen (secondary N) is 2. The third-order valence-electron chi connectivity index (χ3n) is 3.62. The fraction of sp³-hybridized carbons (Fsp3) is 0.211. The van der Waals surface area contributed by atoms with Gasteiger partial charge in [-0.15, -0.1) is 0 Å². The number of rotatable bonds is 7. The van der Waals surface area contributed by atoms with E-state index in [9.17, 15) is 14.4 Å². The number of nitrogens with two attached hydrogens (primary N) is 1. The second-order valence-electron chi connectivity index (χ2n) is 5.64. The van der Waals surface area contributed by atoms with Crippen LogP contribution in [0.3, 0.4) is 0 Å². The Balaban J connectivity index is 1.99. The van der Waals surface area contributed by atoms with Crippen LogP contribution in [0, 0.1) is 0 Å². The lowest BCUT2D eigenvalue weighted by Crippen LogP contribution is -2.23. The van der Waals surface area contributed by atoms with Crippen LogP contribution in [0.15, 0.2) is 36.4 Å². The molecule has 0 aliphatic heterocycles. The van der Waals surface area contributed by atoms with Crippen LogP contribution in [0.25, 0.3) is 0 Å². The van der Waals surface area contributed by atoms with E-state index in [1.165, 1.54) is 25.3 Å². The standard InChI is InChI=1S/C19H20ClN3O5/c1-3-22-18(25)11-5-4-6-12(7-11)23-17(24)10-28-19(26)13-8-14(20)15(21)9-16(13)27-2/h4-9H,3,10,21H2,1-2H3,(H,22,25)(H,23,24). The number of nitrogen functional groups attached to an aromatic ring is 1. The molecule has 148 valence electrons. The number of halogens is 1. The maximum absolute atomic E-state index is 12.2. The molecule has 0 atom stereocenters. The van der Waals surface area contributed by atoms with Crippen molar-refractivity contribution in [3.8, 4) is 5.75 Å². The Labute approximate surface area is 166 Å². The van der Waals surface area contributed by atoms with E-state index >= 15 is 0 Å². The third kappa shape index (κ3) is 5.37. The average Bonchev–Trinajstić information content (AvgIpc) is 2.68. The fourth-order valence-corrected chi connectivity index (χ4v) is 2.47. The van der Waals surface area contributed by atoms with E-state index in [0.717, 1.165) is 0 Å². The Kier molecular flexibility index (Phi) is 7.22. The summed E-state index contributed by atoms with van der Waals surface area (Å²) in [5.41, 5.74) is 6.77. The maximum Gasteiger partial charge on any atom is 0.342 e. The molecule has 0 bridgehead atoms. The first kappa shape index (κ1) is 21.0. The number of ether oxygens (including phenoxy) is 2. The molecule has 0 aromatic heterocycles. The highest BCUT2D eigenvalue weighted by molar-refractivity contribution is 6.33. The number of anilines is 2. The molecule has 2 aromatic carbocycles. The topological polar surface area (TPSA) is 120 Å². The van der Waals surface area contributed by atoms with E-state index < -0.39 is 18.5 Å². The van der Waals surface area contributed by atoms with Crippen molar-refractivity contribution < 1.29 is 23.9 Å². The van der Waals surface area contributed by atoms with Crippen LogP contribution in [0.4, 0.5) is 11.4 Å². The second kappa shape index (κ2) is 9.61. The number of carbonyl (C=O) groups excluding carboxylic acids is 3. The maximum atomic E-state index is 12.2. The summed E-state index contributed by atoms with van der Waals surface area (Å²) in [5, 5.41) is 5.40. The van der Waals surface area contributed by atoms with Gasteiger partial charge in [0.1, 0.15) is 11.3 Å². The highest BCUT2D eigenvalue weighted by Gasteiger charge is 2.18. The molecule has 2 rings (SSSR count). The number of methoxy groups -OCH3 is 1. The Morgan fingerprint density at radius 1 is 1.18 bits per heavy atom. The Bertz CT molecular complexity index is 901. The molecule has 28 heavy (non-hydrogen) atoms. The molecule has 0 aliphatic rings. The molecule has 0 heterocycles. The molecule has 0 spiro atoms. The summed E-state index contributed by atoms with van der Waals surface area (Å²) in [5.74, 6) is -1.42. The number of esters is 1. The van der Waals surface area contributed by atoms with Gasteiger partial charge in [0.2, 0.25) is 0 Å². The van der Waals surface area contributed by atoms with Gasteiger partial charge in [0.05, 0.1) is 17.8 Å². The number of hydrogen-bond donors (Lipinski definition) is 3. The molecule has 2 amide bonds. The fourth-order valence-electron chi connectivity index (χ4n) is 2.30. The molecule has 0 saturated heterocycles. The minimum Gasteiger partial charge on any atom is -0.496 e. The summed E-state index contributed by atoms with van der Waals surface area (Å²) >= 11 is 5.92. The number of benzene rings is 2. The van der Waals surface area contributed by atoms with Crippen LogP contribution in [-0.4, -0.2) is 38.0 Å². The minimum atomic E-state index is -0.787. The summed E-state index contributed by atoms with van der Waals surface area (Å²) in [7, 11) is 1.37. The summed E-state index contributed by atoms with van der Waals surface area (Å²) in [6, 6.07) is 9.10. The zero-order valence-electron chi connectivity index (χ0n) is 15.4. The van der Waals surface area contributed by atoms with Crippen molar-refractivity contribution in [2.24, 2.45) is 0 Å². The minimum absolute atomic E-state index is 0.0488. The van der Waals surface area contributed by atoms with E-state index in [0.29, 0.717) is 17.8 Å². The predicted molar refractivity (Wildman–Crippen MR) is 106 cm³/mol. The number of hydrogen-bond acceptors (Lipinski definition) is 6. The van der Waals surface area contributed by atoms with Gasteiger partial charge < -0.3 is 25.8 Å². The first-order valence-electron chi connectivity index (χ1n) is 8.34. The van der Waals surface area contributed by atoms with Crippen LogP contribution in [0.2, 0.25) is 5.02 Å². The SMILES string of the molecule is CCNC(=O)c1cccc(NC(=O)COC(=O)c2cc(Cl)c(N)cc2OC)c1. The van der Waals surface area contributed by atoms with Gasteiger partial charge in [-0.2, -0.15) is 0 Å². The number of amides is 2. The van der Waals surface area contributed by atoms with Crippen molar-refractivity contribution >= 4 is 40.8 Å². The van der Waals surface area contributed by atoms with Crippen molar-refractivity contribution in [3.05, 3.63) is 52.5 Å². The second-order valence-corrected chi connectivity index (χ2v) is 6.05. The largest absolute Gasteiger partial charge is 0.496 e. The quantitative estimate of drug-likeness (QED) is 0.481. The predicted octanol–water partition coefficient (Wildman–Crippen LogP) is 2.48. The van der Waals surface area contributed by atoms with Gasteiger partial charge in [0.15, 0.2) is 6.61 Å². The van der Waals surface area contributed by atoms with Crippen molar-refractivity contribution in [3.63, 3.8) is 0 Å².